The molecule has 27 heavy (non-hydrogen) atoms. The third kappa shape index (κ3) is 9.90. The quantitative estimate of drug-likeness (QED) is 0.226. The summed E-state index contributed by atoms with van der Waals surface area (Å²) in [6.07, 6.45) is 7.56. The number of ether oxygens (including phenoxy) is 1. The fraction of sp³-hybridized carbons (Fsp3) is 0.579. The van der Waals surface area contributed by atoms with Gasteiger partial charge in [0.1, 0.15) is 5.82 Å². The summed E-state index contributed by atoms with van der Waals surface area (Å²) >= 11 is 0. The Morgan fingerprint density at radius 3 is 2.56 bits per heavy atom. The molecule has 3 N–H and O–H groups in total. The normalized spacial score (nSPS) is 15.0. The lowest BCUT2D eigenvalue weighted by molar-refractivity contribution is -0.115. The van der Waals surface area contributed by atoms with Crippen molar-refractivity contribution in [3.63, 3.8) is 0 Å². The summed E-state index contributed by atoms with van der Waals surface area (Å²) in [5, 5.41) is 8.81. The molecule has 1 amide bonds. The van der Waals surface area contributed by atoms with Gasteiger partial charge in [-0.05, 0) is 43.5 Å². The van der Waals surface area contributed by atoms with Gasteiger partial charge in [-0.2, -0.15) is 0 Å². The highest BCUT2D eigenvalue weighted by molar-refractivity contribution is 14.0. The SMILES string of the molecule is CN=C(NCCCOC1CCCCC1)NCC(=O)Nc1ccc(F)cc1.I. The van der Waals surface area contributed by atoms with Crippen LogP contribution in [0.25, 0.3) is 0 Å². The molecule has 0 heterocycles. The number of carbonyl (C=O) groups excluding carboxylic acids is 1. The molecule has 8 heteroatoms. The van der Waals surface area contributed by atoms with Crippen molar-refractivity contribution in [3.8, 4) is 0 Å². The van der Waals surface area contributed by atoms with E-state index >= 15 is 0 Å². The maximum Gasteiger partial charge on any atom is 0.243 e. The van der Waals surface area contributed by atoms with Gasteiger partial charge in [0.05, 0.1) is 12.6 Å². The number of hydrogen-bond donors (Lipinski definition) is 3. The van der Waals surface area contributed by atoms with Crippen LogP contribution in [0.5, 0.6) is 0 Å². The van der Waals surface area contributed by atoms with Gasteiger partial charge in [-0.1, -0.05) is 19.3 Å². The van der Waals surface area contributed by atoms with Crippen LogP contribution >= 0.6 is 24.0 Å². The van der Waals surface area contributed by atoms with Crippen molar-refractivity contribution >= 4 is 41.5 Å². The Morgan fingerprint density at radius 1 is 1.19 bits per heavy atom. The highest BCUT2D eigenvalue weighted by Gasteiger charge is 2.13. The van der Waals surface area contributed by atoms with Crippen molar-refractivity contribution in [1.29, 1.82) is 0 Å². The second kappa shape index (κ2) is 13.7. The number of nitrogens with zero attached hydrogens (tertiary/aromatic N) is 1. The third-order valence-electron chi connectivity index (χ3n) is 4.29. The lowest BCUT2D eigenvalue weighted by Gasteiger charge is -2.22. The molecule has 0 atom stereocenters. The van der Waals surface area contributed by atoms with Crippen molar-refractivity contribution in [3.05, 3.63) is 30.1 Å². The van der Waals surface area contributed by atoms with Crippen LogP contribution in [0.4, 0.5) is 10.1 Å². The van der Waals surface area contributed by atoms with E-state index in [1.54, 1.807) is 7.05 Å². The van der Waals surface area contributed by atoms with Crippen molar-refractivity contribution in [2.75, 3.05) is 32.1 Å². The van der Waals surface area contributed by atoms with Crippen LogP contribution in [0.3, 0.4) is 0 Å². The Labute approximate surface area is 177 Å². The Hall–Kier alpha value is -1.42. The van der Waals surface area contributed by atoms with Crippen molar-refractivity contribution in [2.45, 2.75) is 44.6 Å². The minimum Gasteiger partial charge on any atom is -0.378 e. The van der Waals surface area contributed by atoms with E-state index in [4.69, 9.17) is 4.74 Å². The molecule has 1 fully saturated rings. The van der Waals surface area contributed by atoms with Crippen LogP contribution in [0.2, 0.25) is 0 Å². The third-order valence-corrected chi connectivity index (χ3v) is 4.29. The average Bonchev–Trinajstić information content (AvgIpc) is 2.66. The Bertz CT molecular complexity index is 578. The molecule has 0 aromatic heterocycles. The summed E-state index contributed by atoms with van der Waals surface area (Å²) in [6.45, 7) is 1.54. The Morgan fingerprint density at radius 2 is 1.89 bits per heavy atom. The van der Waals surface area contributed by atoms with Gasteiger partial charge < -0.3 is 20.7 Å². The lowest BCUT2D eigenvalue weighted by atomic mass is 9.98. The first-order valence-electron chi connectivity index (χ1n) is 9.29. The number of amides is 1. The molecule has 2 rings (SSSR count). The van der Waals surface area contributed by atoms with E-state index in [0.717, 1.165) is 19.6 Å². The van der Waals surface area contributed by atoms with Gasteiger partial charge in [-0.15, -0.1) is 24.0 Å². The molecule has 0 aliphatic heterocycles. The number of nitrogens with one attached hydrogen (secondary N) is 3. The summed E-state index contributed by atoms with van der Waals surface area (Å²) in [4.78, 5) is 16.0. The van der Waals surface area contributed by atoms with Crippen LogP contribution in [-0.2, 0) is 9.53 Å². The first-order chi connectivity index (χ1) is 12.7. The minimum atomic E-state index is -0.335. The fourth-order valence-corrected chi connectivity index (χ4v) is 2.88. The van der Waals surface area contributed by atoms with E-state index in [0.29, 0.717) is 17.8 Å². The number of benzene rings is 1. The van der Waals surface area contributed by atoms with Crippen molar-refractivity contribution in [1.82, 2.24) is 10.6 Å². The van der Waals surface area contributed by atoms with Crippen LogP contribution in [-0.4, -0.2) is 44.7 Å². The number of aliphatic imine (C=N–C) groups is 1. The standard InChI is InChI=1S/C19H29FN4O2.HI/c1-21-19(22-12-5-13-26-17-6-3-2-4-7-17)23-14-18(25)24-16-10-8-15(20)9-11-16;/h8-11,17H,2-7,12-14H2,1H3,(H,24,25)(H2,21,22,23);1H. The first kappa shape index (κ1) is 23.6. The molecule has 0 radical (unpaired) electrons. The van der Waals surface area contributed by atoms with E-state index in [9.17, 15) is 9.18 Å². The van der Waals surface area contributed by atoms with Gasteiger partial charge in [0, 0.05) is 25.9 Å². The van der Waals surface area contributed by atoms with Crippen molar-refractivity contribution < 1.29 is 13.9 Å². The monoisotopic (exact) mass is 492 g/mol. The summed E-state index contributed by atoms with van der Waals surface area (Å²) in [7, 11) is 1.66. The van der Waals surface area contributed by atoms with Gasteiger partial charge in [0.15, 0.2) is 5.96 Å². The summed E-state index contributed by atoms with van der Waals surface area (Å²) < 4.78 is 18.7. The number of anilines is 1. The molecule has 1 saturated carbocycles. The van der Waals surface area contributed by atoms with Crippen LogP contribution in [0.1, 0.15) is 38.5 Å². The molecule has 6 nitrogen and oxygen atoms in total. The number of halogens is 2. The fourth-order valence-electron chi connectivity index (χ4n) is 2.88. The number of rotatable bonds is 8. The van der Waals surface area contributed by atoms with Crippen molar-refractivity contribution in [2.24, 2.45) is 4.99 Å². The smallest absolute Gasteiger partial charge is 0.243 e. The predicted octanol–water partition coefficient (Wildman–Crippen LogP) is 3.29. The van der Waals surface area contributed by atoms with E-state index in [1.807, 2.05) is 0 Å². The second-order valence-electron chi connectivity index (χ2n) is 6.39. The summed E-state index contributed by atoms with van der Waals surface area (Å²) in [5.41, 5.74) is 0.556. The summed E-state index contributed by atoms with van der Waals surface area (Å²) in [5.74, 6) is 0.00954. The maximum absolute atomic E-state index is 12.8. The molecule has 0 unspecified atom stereocenters. The lowest BCUT2D eigenvalue weighted by Crippen LogP contribution is -2.41. The molecule has 1 aromatic carbocycles. The number of guanidine groups is 1. The molecular weight excluding hydrogens is 462 g/mol. The van der Waals surface area contributed by atoms with Gasteiger partial charge >= 0.3 is 0 Å². The first-order valence-corrected chi connectivity index (χ1v) is 9.29. The minimum absolute atomic E-state index is 0. The maximum atomic E-state index is 12.8. The highest BCUT2D eigenvalue weighted by atomic mass is 127. The number of hydrogen-bond acceptors (Lipinski definition) is 3. The second-order valence-corrected chi connectivity index (χ2v) is 6.39. The van der Waals surface area contributed by atoms with E-state index < -0.39 is 0 Å². The predicted molar refractivity (Wildman–Crippen MR) is 117 cm³/mol. The van der Waals surface area contributed by atoms with Gasteiger partial charge in [-0.3, -0.25) is 9.79 Å². The van der Waals surface area contributed by atoms with Gasteiger partial charge in [0.2, 0.25) is 5.91 Å². The Balaban J connectivity index is 0.00000364. The number of carbonyl (C=O) groups is 1. The molecular formula is C19H30FIN4O2. The molecule has 152 valence electrons. The van der Waals surface area contributed by atoms with Crippen LogP contribution in [0, 0.1) is 5.82 Å². The van der Waals surface area contributed by atoms with Crippen LogP contribution < -0.4 is 16.0 Å². The molecule has 0 saturated heterocycles. The molecule has 0 bridgehead atoms. The molecule has 1 aliphatic rings. The largest absolute Gasteiger partial charge is 0.378 e. The topological polar surface area (TPSA) is 74.8 Å². The van der Waals surface area contributed by atoms with E-state index in [-0.39, 0.29) is 42.2 Å². The van der Waals surface area contributed by atoms with E-state index in [1.165, 1.54) is 56.4 Å². The zero-order valence-corrected chi connectivity index (χ0v) is 18.1. The van der Waals surface area contributed by atoms with E-state index in [2.05, 4.69) is 20.9 Å². The molecule has 1 aromatic rings. The Kier molecular flexibility index (Phi) is 12.0. The summed E-state index contributed by atoms with van der Waals surface area (Å²) in [6, 6.07) is 5.65. The van der Waals surface area contributed by atoms with Gasteiger partial charge in [0.25, 0.3) is 0 Å². The molecule has 1 aliphatic carbocycles. The van der Waals surface area contributed by atoms with Crippen LogP contribution in [0.15, 0.2) is 29.3 Å². The zero-order chi connectivity index (χ0) is 18.6. The average molecular weight is 492 g/mol. The van der Waals surface area contributed by atoms with Gasteiger partial charge in [-0.25, -0.2) is 4.39 Å². The highest BCUT2D eigenvalue weighted by Crippen LogP contribution is 2.20. The molecule has 0 spiro atoms. The zero-order valence-electron chi connectivity index (χ0n) is 15.8.